The number of hydrogen-bond donors (Lipinski definition) is 0. The maximum Gasteiger partial charge on any atom is 0.365 e. The number of hydrazone groups is 1. The maximum atomic E-state index is 14.7. The van der Waals surface area contributed by atoms with Crippen molar-refractivity contribution in [2.24, 2.45) is 10.2 Å². The van der Waals surface area contributed by atoms with Crippen LogP contribution in [0, 0.1) is 11.6 Å². The second-order valence-corrected chi connectivity index (χ2v) is 9.90. The zero-order valence-corrected chi connectivity index (χ0v) is 20.2. The number of benzene rings is 2. The molecule has 2 aromatic carbocycles. The van der Waals surface area contributed by atoms with Crippen LogP contribution in [0.4, 0.5) is 13.6 Å². The molecule has 0 spiro atoms. The second-order valence-electron chi connectivity index (χ2n) is 8.64. The van der Waals surface area contributed by atoms with Gasteiger partial charge in [0, 0.05) is 24.1 Å². The lowest BCUT2D eigenvalue weighted by molar-refractivity contribution is -0.186. The van der Waals surface area contributed by atoms with Gasteiger partial charge in [0.2, 0.25) is 0 Å². The number of halogens is 2. The molecule has 0 fully saturated rings. The Labute approximate surface area is 201 Å². The lowest BCUT2D eigenvalue weighted by atomic mass is 10.0. The Morgan fingerprint density at radius 3 is 2.62 bits per heavy atom. The van der Waals surface area contributed by atoms with Crippen LogP contribution in [-0.4, -0.2) is 40.3 Å². The molecule has 0 aliphatic carbocycles. The SMILES string of the molecule is CN(OC(C)(C)C)C(=O)N1N=C(c2cc(F)ccc2F)SC1(CCCN=[N+]=[N-])c1ccccc1. The molecule has 11 heteroatoms. The van der Waals surface area contributed by atoms with Crippen molar-refractivity contribution in [3.05, 3.63) is 81.7 Å². The van der Waals surface area contributed by atoms with Gasteiger partial charge in [0.25, 0.3) is 0 Å². The van der Waals surface area contributed by atoms with Gasteiger partial charge in [-0.3, -0.25) is 4.84 Å². The minimum Gasteiger partial charge on any atom is -0.264 e. The van der Waals surface area contributed by atoms with Crippen LogP contribution in [0.5, 0.6) is 0 Å². The molecule has 0 saturated carbocycles. The van der Waals surface area contributed by atoms with Gasteiger partial charge in [0.05, 0.1) is 5.60 Å². The molecule has 0 saturated heterocycles. The molecule has 0 bridgehead atoms. The van der Waals surface area contributed by atoms with Crippen molar-refractivity contribution in [1.82, 2.24) is 10.1 Å². The molecule has 0 N–H and O–H groups in total. The van der Waals surface area contributed by atoms with Crippen molar-refractivity contribution < 1.29 is 18.4 Å². The van der Waals surface area contributed by atoms with Crippen LogP contribution in [-0.2, 0) is 9.71 Å². The van der Waals surface area contributed by atoms with Crippen LogP contribution in [0.15, 0.2) is 58.7 Å². The molecule has 180 valence electrons. The van der Waals surface area contributed by atoms with E-state index < -0.39 is 28.1 Å². The predicted octanol–water partition coefficient (Wildman–Crippen LogP) is 6.40. The van der Waals surface area contributed by atoms with Gasteiger partial charge in [-0.1, -0.05) is 47.2 Å². The first-order valence-corrected chi connectivity index (χ1v) is 11.5. The molecule has 1 atom stereocenters. The Morgan fingerprint density at radius 1 is 1.26 bits per heavy atom. The topological polar surface area (TPSA) is 93.9 Å². The van der Waals surface area contributed by atoms with E-state index in [9.17, 15) is 13.6 Å². The third-order valence-electron chi connectivity index (χ3n) is 4.88. The fourth-order valence-corrected chi connectivity index (χ4v) is 4.98. The zero-order chi connectivity index (χ0) is 24.9. The minimum atomic E-state index is -1.10. The first-order valence-electron chi connectivity index (χ1n) is 10.6. The van der Waals surface area contributed by atoms with Crippen LogP contribution in [0.25, 0.3) is 10.4 Å². The molecule has 1 aliphatic rings. The molecule has 0 radical (unpaired) electrons. The number of carbonyl (C=O) groups excluding carboxylic acids is 1. The Hall–Kier alpha value is -3.14. The number of azide groups is 1. The summed E-state index contributed by atoms with van der Waals surface area (Å²) in [6, 6.07) is 11.7. The van der Waals surface area contributed by atoms with E-state index in [0.29, 0.717) is 12.8 Å². The van der Waals surface area contributed by atoms with Gasteiger partial charge in [-0.25, -0.2) is 18.6 Å². The third kappa shape index (κ3) is 5.67. The number of thioether (sulfide) groups is 1. The fourth-order valence-electron chi connectivity index (χ4n) is 3.56. The van der Waals surface area contributed by atoms with Gasteiger partial charge in [0.15, 0.2) is 0 Å². The molecule has 34 heavy (non-hydrogen) atoms. The van der Waals surface area contributed by atoms with E-state index >= 15 is 0 Å². The van der Waals surface area contributed by atoms with Crippen molar-refractivity contribution >= 4 is 22.8 Å². The molecule has 2 aromatic rings. The average molecular weight is 489 g/mol. The van der Waals surface area contributed by atoms with Crippen LogP contribution in [0.3, 0.4) is 0 Å². The highest BCUT2D eigenvalue weighted by molar-refractivity contribution is 8.15. The highest BCUT2D eigenvalue weighted by Gasteiger charge is 2.50. The molecular weight excluding hydrogens is 462 g/mol. The number of hydroxylamine groups is 2. The van der Waals surface area contributed by atoms with Crippen LogP contribution < -0.4 is 0 Å². The van der Waals surface area contributed by atoms with E-state index in [1.807, 2.05) is 30.3 Å². The molecule has 1 aliphatic heterocycles. The normalized spacial score (nSPS) is 17.8. The summed E-state index contributed by atoms with van der Waals surface area (Å²) in [4.78, 5) is 21.0. The number of nitrogens with zero attached hydrogens (tertiary/aromatic N) is 6. The number of carbonyl (C=O) groups is 1. The monoisotopic (exact) mass is 488 g/mol. The third-order valence-corrected chi connectivity index (χ3v) is 6.33. The number of hydrogen-bond acceptors (Lipinski definition) is 5. The number of urea groups is 1. The van der Waals surface area contributed by atoms with E-state index in [-0.39, 0.29) is 17.2 Å². The van der Waals surface area contributed by atoms with Crippen molar-refractivity contribution in [3.63, 3.8) is 0 Å². The van der Waals surface area contributed by atoms with Gasteiger partial charge in [-0.15, -0.1) is 0 Å². The smallest absolute Gasteiger partial charge is 0.264 e. The van der Waals surface area contributed by atoms with E-state index in [2.05, 4.69) is 15.1 Å². The van der Waals surface area contributed by atoms with Crippen LogP contribution in [0.2, 0.25) is 0 Å². The largest absolute Gasteiger partial charge is 0.365 e. The fraction of sp³-hybridized carbons (Fsp3) is 0.391. The summed E-state index contributed by atoms with van der Waals surface area (Å²) in [7, 11) is 1.48. The summed E-state index contributed by atoms with van der Waals surface area (Å²) in [6.45, 7) is 5.61. The first-order chi connectivity index (χ1) is 16.1. The molecule has 8 nitrogen and oxygen atoms in total. The quantitative estimate of drug-likeness (QED) is 0.148. The zero-order valence-electron chi connectivity index (χ0n) is 19.4. The maximum absolute atomic E-state index is 14.7. The van der Waals surface area contributed by atoms with Crippen molar-refractivity contribution in [1.29, 1.82) is 0 Å². The Bertz CT molecular complexity index is 1120. The standard InChI is InChI=1S/C23H26F2N6O2S/c1-22(2,3)33-30(4)21(32)31-23(13-8-14-27-29-26,16-9-6-5-7-10-16)34-20(28-31)18-15-17(24)11-12-19(18)25/h5-7,9-12,15H,8,13-14H2,1-4H3. The van der Waals surface area contributed by atoms with Crippen molar-refractivity contribution in [2.75, 3.05) is 13.6 Å². The van der Waals surface area contributed by atoms with Gasteiger partial charge in [-0.2, -0.15) is 10.1 Å². The summed E-state index contributed by atoms with van der Waals surface area (Å²) in [5.74, 6) is -1.27. The summed E-state index contributed by atoms with van der Waals surface area (Å²) in [6.07, 6.45) is 0.758. The summed E-state index contributed by atoms with van der Waals surface area (Å²) in [5.41, 5.74) is 8.70. The van der Waals surface area contributed by atoms with E-state index in [1.54, 1.807) is 20.8 Å². The molecule has 1 unspecified atom stereocenters. The number of amides is 2. The Kier molecular flexibility index (Phi) is 7.81. The lowest BCUT2D eigenvalue weighted by Gasteiger charge is -2.38. The van der Waals surface area contributed by atoms with E-state index in [1.165, 1.54) is 12.1 Å². The van der Waals surface area contributed by atoms with Gasteiger partial charge < -0.3 is 0 Å². The van der Waals surface area contributed by atoms with E-state index in [4.69, 9.17) is 10.4 Å². The Morgan fingerprint density at radius 2 is 1.97 bits per heavy atom. The highest BCUT2D eigenvalue weighted by Crippen LogP contribution is 2.51. The molecule has 2 amide bonds. The first kappa shape index (κ1) is 25.5. The number of rotatable bonds is 7. The Balaban J connectivity index is 2.12. The van der Waals surface area contributed by atoms with Crippen molar-refractivity contribution in [2.45, 2.75) is 44.1 Å². The minimum absolute atomic E-state index is 0.0463. The van der Waals surface area contributed by atoms with Gasteiger partial charge in [0.1, 0.15) is 21.5 Å². The van der Waals surface area contributed by atoms with Crippen molar-refractivity contribution in [3.8, 4) is 0 Å². The second kappa shape index (κ2) is 10.4. The average Bonchev–Trinajstić information content (AvgIpc) is 3.18. The summed E-state index contributed by atoms with van der Waals surface area (Å²) < 4.78 is 28.7. The van der Waals surface area contributed by atoms with E-state index in [0.717, 1.165) is 40.6 Å². The summed E-state index contributed by atoms with van der Waals surface area (Å²) in [5, 5.41) is 10.6. The van der Waals surface area contributed by atoms with Gasteiger partial charge >= 0.3 is 6.03 Å². The highest BCUT2D eigenvalue weighted by atomic mass is 32.2. The molecular formula is C23H26F2N6O2S. The molecule has 0 aromatic heterocycles. The molecule has 3 rings (SSSR count). The predicted molar refractivity (Wildman–Crippen MR) is 128 cm³/mol. The van der Waals surface area contributed by atoms with Crippen LogP contribution >= 0.6 is 11.8 Å². The summed E-state index contributed by atoms with van der Waals surface area (Å²) >= 11 is 1.15. The van der Waals surface area contributed by atoms with Gasteiger partial charge in [-0.05, 0) is 62.9 Å². The lowest BCUT2D eigenvalue weighted by Crippen LogP contribution is -2.48. The van der Waals surface area contributed by atoms with Crippen LogP contribution in [0.1, 0.15) is 44.7 Å². The molecule has 1 heterocycles.